The summed E-state index contributed by atoms with van der Waals surface area (Å²) in [5, 5.41) is 0. The first-order valence-electron chi connectivity index (χ1n) is 8.53. The highest BCUT2D eigenvalue weighted by molar-refractivity contribution is 7.92. The summed E-state index contributed by atoms with van der Waals surface area (Å²) >= 11 is 0. The third-order valence-corrected chi connectivity index (χ3v) is 5.39. The molecule has 0 aliphatic heterocycles. The fourth-order valence-electron chi connectivity index (χ4n) is 2.60. The highest BCUT2D eigenvalue weighted by atomic mass is 32.2. The quantitative estimate of drug-likeness (QED) is 0.477. The number of nitrogens with one attached hydrogen (secondary N) is 1. The summed E-state index contributed by atoms with van der Waals surface area (Å²) in [5.74, 6) is 0.345. The Bertz CT molecular complexity index is 1110. The highest BCUT2D eigenvalue weighted by Gasteiger charge is 2.16. The van der Waals surface area contributed by atoms with Crippen molar-refractivity contribution in [1.82, 2.24) is 0 Å². The van der Waals surface area contributed by atoms with Crippen LogP contribution in [0.25, 0.3) is 6.08 Å². The lowest BCUT2D eigenvalue weighted by Gasteiger charge is -2.08. The van der Waals surface area contributed by atoms with Crippen LogP contribution in [0.15, 0.2) is 89.8 Å². The Hall–Kier alpha value is -3.38. The molecule has 6 heteroatoms. The summed E-state index contributed by atoms with van der Waals surface area (Å²) < 4.78 is 32.9. The van der Waals surface area contributed by atoms with Crippen molar-refractivity contribution in [1.29, 1.82) is 0 Å². The number of rotatable bonds is 7. The van der Waals surface area contributed by atoms with E-state index in [4.69, 9.17) is 4.74 Å². The van der Waals surface area contributed by atoms with E-state index < -0.39 is 10.0 Å². The Kier molecular flexibility index (Phi) is 5.91. The van der Waals surface area contributed by atoms with Crippen LogP contribution in [-0.4, -0.2) is 21.3 Å². The molecular formula is C22H19NO4S. The maximum absolute atomic E-state index is 12.6. The van der Waals surface area contributed by atoms with Crippen LogP contribution < -0.4 is 9.46 Å². The van der Waals surface area contributed by atoms with E-state index in [0.717, 1.165) is 5.56 Å². The van der Waals surface area contributed by atoms with Crippen molar-refractivity contribution in [2.75, 3.05) is 11.8 Å². The van der Waals surface area contributed by atoms with Gasteiger partial charge < -0.3 is 4.74 Å². The minimum Gasteiger partial charge on any atom is -0.496 e. The molecule has 0 aliphatic rings. The van der Waals surface area contributed by atoms with Crippen molar-refractivity contribution < 1.29 is 17.9 Å². The van der Waals surface area contributed by atoms with E-state index in [9.17, 15) is 13.2 Å². The van der Waals surface area contributed by atoms with Crippen LogP contribution in [0.1, 0.15) is 15.9 Å². The maximum Gasteiger partial charge on any atom is 0.261 e. The molecule has 0 radical (unpaired) electrons. The number of benzene rings is 3. The van der Waals surface area contributed by atoms with E-state index in [1.807, 2.05) is 18.2 Å². The van der Waals surface area contributed by atoms with Crippen LogP contribution in [0.3, 0.4) is 0 Å². The number of carbonyl (C=O) groups excluding carboxylic acids is 1. The van der Waals surface area contributed by atoms with Gasteiger partial charge in [0.15, 0.2) is 5.78 Å². The minimum atomic E-state index is -3.79. The van der Waals surface area contributed by atoms with Gasteiger partial charge in [0.05, 0.1) is 12.0 Å². The molecule has 28 heavy (non-hydrogen) atoms. The molecule has 0 amide bonds. The van der Waals surface area contributed by atoms with Gasteiger partial charge in [-0.1, -0.05) is 48.5 Å². The molecule has 0 saturated heterocycles. The fourth-order valence-corrected chi connectivity index (χ4v) is 3.71. The molecule has 0 saturated carbocycles. The molecule has 0 aliphatic carbocycles. The number of para-hydroxylation sites is 2. The molecule has 0 unspecified atom stereocenters. The number of ether oxygens (including phenoxy) is 1. The molecule has 5 nitrogen and oxygen atoms in total. The molecular weight excluding hydrogens is 374 g/mol. The van der Waals surface area contributed by atoms with Crippen molar-refractivity contribution >= 4 is 27.6 Å². The van der Waals surface area contributed by atoms with Gasteiger partial charge in [0.2, 0.25) is 0 Å². The average Bonchev–Trinajstić information content (AvgIpc) is 2.72. The van der Waals surface area contributed by atoms with Crippen LogP contribution in [-0.2, 0) is 10.0 Å². The second kappa shape index (κ2) is 8.54. The number of allylic oxidation sites excluding steroid dienone is 1. The van der Waals surface area contributed by atoms with Crippen molar-refractivity contribution in [2.24, 2.45) is 0 Å². The number of anilines is 1. The van der Waals surface area contributed by atoms with Crippen molar-refractivity contribution in [3.63, 3.8) is 0 Å². The summed E-state index contributed by atoms with van der Waals surface area (Å²) in [5.41, 5.74) is 1.49. The molecule has 0 heterocycles. The zero-order valence-electron chi connectivity index (χ0n) is 15.2. The van der Waals surface area contributed by atoms with E-state index >= 15 is 0 Å². The van der Waals surface area contributed by atoms with Gasteiger partial charge in [0.25, 0.3) is 10.0 Å². The molecule has 0 atom stereocenters. The first-order valence-corrected chi connectivity index (χ1v) is 10.0. The summed E-state index contributed by atoms with van der Waals surface area (Å²) in [4.78, 5) is 12.5. The van der Waals surface area contributed by atoms with Crippen LogP contribution in [0.5, 0.6) is 5.75 Å². The normalized spacial score (nSPS) is 11.3. The Morgan fingerprint density at radius 1 is 0.929 bits per heavy atom. The van der Waals surface area contributed by atoms with E-state index in [-0.39, 0.29) is 16.2 Å². The third kappa shape index (κ3) is 4.66. The molecule has 0 aromatic heterocycles. The van der Waals surface area contributed by atoms with E-state index in [0.29, 0.717) is 11.4 Å². The number of hydrogen-bond donors (Lipinski definition) is 1. The lowest BCUT2D eigenvalue weighted by molar-refractivity contribution is 0.104. The summed E-state index contributed by atoms with van der Waals surface area (Å²) in [6.45, 7) is 0. The second-order valence-electron chi connectivity index (χ2n) is 5.94. The Balaban J connectivity index is 1.82. The van der Waals surface area contributed by atoms with Crippen LogP contribution in [0.4, 0.5) is 5.69 Å². The summed E-state index contributed by atoms with van der Waals surface area (Å²) in [6, 6.07) is 21.8. The Morgan fingerprint density at radius 2 is 1.64 bits per heavy atom. The second-order valence-corrected chi connectivity index (χ2v) is 7.62. The predicted octanol–water partition coefficient (Wildman–Crippen LogP) is 4.39. The summed E-state index contributed by atoms with van der Waals surface area (Å²) in [6.07, 6.45) is 3.04. The summed E-state index contributed by atoms with van der Waals surface area (Å²) in [7, 11) is -2.24. The zero-order valence-corrected chi connectivity index (χ0v) is 16.0. The number of carbonyl (C=O) groups is 1. The molecule has 142 valence electrons. The van der Waals surface area contributed by atoms with Crippen LogP contribution in [0, 0.1) is 0 Å². The van der Waals surface area contributed by atoms with Gasteiger partial charge in [0, 0.05) is 16.8 Å². The molecule has 3 rings (SSSR count). The number of methoxy groups -OCH3 is 1. The SMILES string of the molecule is COc1ccccc1/C=C/C(=O)c1cccc(S(=O)(=O)Nc2ccccc2)c1. The standard InChI is InChI=1S/C22H19NO4S/c1-27-22-13-6-5-8-17(22)14-15-21(24)18-9-7-12-20(16-18)28(25,26)23-19-10-3-2-4-11-19/h2-16,23H,1H3/b15-14+. The van der Waals surface area contributed by atoms with Gasteiger partial charge in [-0.05, 0) is 42.5 Å². The first-order chi connectivity index (χ1) is 13.5. The Labute approximate surface area is 164 Å². The number of sulfonamides is 1. The van der Waals surface area contributed by atoms with Gasteiger partial charge >= 0.3 is 0 Å². The van der Waals surface area contributed by atoms with E-state index in [2.05, 4.69) is 4.72 Å². The molecule has 0 fully saturated rings. The lowest BCUT2D eigenvalue weighted by Crippen LogP contribution is -2.13. The van der Waals surface area contributed by atoms with Gasteiger partial charge in [-0.15, -0.1) is 0 Å². The van der Waals surface area contributed by atoms with Crippen molar-refractivity contribution in [3.8, 4) is 5.75 Å². The largest absolute Gasteiger partial charge is 0.496 e. The maximum atomic E-state index is 12.6. The van der Waals surface area contributed by atoms with Crippen LogP contribution >= 0.6 is 0 Å². The number of hydrogen-bond acceptors (Lipinski definition) is 4. The molecule has 0 bridgehead atoms. The van der Waals surface area contributed by atoms with Gasteiger partial charge in [0.1, 0.15) is 5.75 Å². The fraction of sp³-hybridized carbons (Fsp3) is 0.0455. The molecule has 0 spiro atoms. The van der Waals surface area contributed by atoms with E-state index in [1.165, 1.54) is 18.2 Å². The van der Waals surface area contributed by atoms with Crippen molar-refractivity contribution in [2.45, 2.75) is 4.90 Å². The Morgan fingerprint density at radius 3 is 2.39 bits per heavy atom. The highest BCUT2D eigenvalue weighted by Crippen LogP contribution is 2.20. The average molecular weight is 393 g/mol. The van der Waals surface area contributed by atoms with Gasteiger partial charge in [-0.25, -0.2) is 8.42 Å². The third-order valence-electron chi connectivity index (χ3n) is 4.01. The topological polar surface area (TPSA) is 72.5 Å². The van der Waals surface area contributed by atoms with Crippen LogP contribution in [0.2, 0.25) is 0 Å². The molecule has 1 N–H and O–H groups in total. The molecule has 3 aromatic carbocycles. The van der Waals surface area contributed by atoms with E-state index in [1.54, 1.807) is 61.7 Å². The van der Waals surface area contributed by atoms with Gasteiger partial charge in [-0.3, -0.25) is 9.52 Å². The minimum absolute atomic E-state index is 0.0212. The zero-order chi connectivity index (χ0) is 20.0. The predicted molar refractivity (Wildman–Crippen MR) is 110 cm³/mol. The first kappa shape index (κ1) is 19.4. The molecule has 3 aromatic rings. The van der Waals surface area contributed by atoms with Gasteiger partial charge in [-0.2, -0.15) is 0 Å². The number of ketones is 1. The monoisotopic (exact) mass is 393 g/mol. The lowest BCUT2D eigenvalue weighted by atomic mass is 10.1. The smallest absolute Gasteiger partial charge is 0.261 e. The van der Waals surface area contributed by atoms with Crippen molar-refractivity contribution in [3.05, 3.63) is 96.1 Å².